The molecule has 3 rings (SSSR count). The van der Waals surface area contributed by atoms with Crippen molar-refractivity contribution in [1.82, 2.24) is 9.78 Å². The van der Waals surface area contributed by atoms with Crippen molar-refractivity contribution in [3.8, 4) is 0 Å². The first-order valence-electron chi connectivity index (χ1n) is 8.07. The van der Waals surface area contributed by atoms with Crippen LogP contribution in [0.3, 0.4) is 0 Å². The molecular weight excluding hydrogens is 342 g/mol. The summed E-state index contributed by atoms with van der Waals surface area (Å²) in [6.07, 6.45) is 0. The molecular formula is C17H23N3O2S2. The molecule has 0 radical (unpaired) electrons. The zero-order chi connectivity index (χ0) is 17.6. The molecule has 24 heavy (non-hydrogen) atoms. The lowest BCUT2D eigenvalue weighted by Crippen LogP contribution is -2.42. The summed E-state index contributed by atoms with van der Waals surface area (Å²) in [6.45, 7) is 9.57. The van der Waals surface area contributed by atoms with Gasteiger partial charge in [0.25, 0.3) is 10.0 Å². The molecule has 0 spiro atoms. The Hall–Kier alpha value is -1.47. The monoisotopic (exact) mass is 365 g/mol. The quantitative estimate of drug-likeness (QED) is 0.831. The fraction of sp³-hybridized carbons (Fsp3) is 0.471. The molecule has 0 bridgehead atoms. The Morgan fingerprint density at radius 3 is 2.54 bits per heavy atom. The normalized spacial score (nSPS) is 18.1. The molecule has 1 aliphatic heterocycles. The van der Waals surface area contributed by atoms with Gasteiger partial charge in [-0.2, -0.15) is 5.10 Å². The molecule has 1 atom stereocenters. The van der Waals surface area contributed by atoms with Gasteiger partial charge in [-0.05, 0) is 46.8 Å². The number of nitrogens with zero attached hydrogens (tertiary/aromatic N) is 3. The lowest BCUT2D eigenvalue weighted by molar-refractivity contribution is 0.514. The molecule has 0 N–H and O–H groups in total. The molecule has 0 amide bonds. The van der Waals surface area contributed by atoms with Crippen LogP contribution in [0.15, 0.2) is 34.1 Å². The molecule has 1 aromatic heterocycles. The second kappa shape index (κ2) is 6.11. The van der Waals surface area contributed by atoms with E-state index < -0.39 is 10.0 Å². The largest absolute Gasteiger partial charge is 0.268 e. The number of para-hydroxylation sites is 1. The van der Waals surface area contributed by atoms with Crippen molar-refractivity contribution in [1.29, 1.82) is 0 Å². The zero-order valence-electron chi connectivity index (χ0n) is 14.6. The fourth-order valence-electron chi connectivity index (χ4n) is 3.27. The van der Waals surface area contributed by atoms with E-state index in [4.69, 9.17) is 0 Å². The highest BCUT2D eigenvalue weighted by Gasteiger charge is 2.37. The summed E-state index contributed by atoms with van der Waals surface area (Å²) in [5, 5.41) is 4.46. The van der Waals surface area contributed by atoms with Crippen molar-refractivity contribution >= 4 is 27.5 Å². The van der Waals surface area contributed by atoms with Gasteiger partial charge in [-0.15, -0.1) is 11.8 Å². The van der Waals surface area contributed by atoms with Crippen LogP contribution in [0.5, 0.6) is 0 Å². The van der Waals surface area contributed by atoms with Crippen molar-refractivity contribution in [3.63, 3.8) is 0 Å². The van der Waals surface area contributed by atoms with Gasteiger partial charge in [0.2, 0.25) is 0 Å². The van der Waals surface area contributed by atoms with Crippen LogP contribution >= 0.6 is 11.8 Å². The average Bonchev–Trinajstić information content (AvgIpc) is 2.82. The number of sulfonamides is 1. The van der Waals surface area contributed by atoms with Gasteiger partial charge in [0.15, 0.2) is 0 Å². The number of aromatic nitrogens is 2. The van der Waals surface area contributed by atoms with E-state index >= 15 is 0 Å². The van der Waals surface area contributed by atoms with Gasteiger partial charge in [-0.25, -0.2) is 8.42 Å². The first kappa shape index (κ1) is 17.4. The van der Waals surface area contributed by atoms with Crippen LogP contribution in [0.2, 0.25) is 0 Å². The summed E-state index contributed by atoms with van der Waals surface area (Å²) in [4.78, 5) is 1.34. The van der Waals surface area contributed by atoms with Gasteiger partial charge in [-0.1, -0.05) is 12.1 Å². The SMILES string of the molecule is Cc1nn(C(C)C)c(C)c1S(=O)(=O)N1c2ccccc2SCC1C. The van der Waals surface area contributed by atoms with Crippen LogP contribution in [-0.4, -0.2) is 30.0 Å². The van der Waals surface area contributed by atoms with E-state index in [1.54, 1.807) is 27.7 Å². The second-order valence-corrected chi connectivity index (χ2v) is 9.28. The predicted molar refractivity (Wildman–Crippen MR) is 98.4 cm³/mol. The molecule has 0 saturated carbocycles. The Morgan fingerprint density at radius 1 is 1.25 bits per heavy atom. The third-order valence-electron chi connectivity index (χ3n) is 4.25. The summed E-state index contributed by atoms with van der Waals surface area (Å²) >= 11 is 1.70. The standard InChI is InChI=1S/C17H23N3O2S2/c1-11(2)19-14(5)17(13(4)18-19)24(21,22)20-12(3)10-23-16-9-7-6-8-15(16)20/h6-9,11-12H,10H2,1-5H3. The molecule has 1 unspecified atom stereocenters. The molecule has 2 aromatic rings. The number of benzene rings is 1. The van der Waals surface area contributed by atoms with Crippen LogP contribution in [0.25, 0.3) is 0 Å². The Bertz CT molecular complexity index is 872. The smallest absolute Gasteiger partial charge is 0.266 e. The Morgan fingerprint density at radius 2 is 1.92 bits per heavy atom. The van der Waals surface area contributed by atoms with E-state index in [0.717, 1.165) is 16.3 Å². The van der Waals surface area contributed by atoms with Crippen molar-refractivity contribution in [2.45, 2.75) is 56.5 Å². The fourth-order valence-corrected chi connectivity index (χ4v) is 6.52. The zero-order valence-corrected chi connectivity index (χ0v) is 16.3. The highest BCUT2D eigenvalue weighted by atomic mass is 32.2. The third kappa shape index (κ3) is 2.63. The van der Waals surface area contributed by atoms with Gasteiger partial charge < -0.3 is 0 Å². The molecule has 0 saturated heterocycles. The molecule has 7 heteroatoms. The van der Waals surface area contributed by atoms with Crippen LogP contribution in [0, 0.1) is 13.8 Å². The summed E-state index contributed by atoms with van der Waals surface area (Å²) in [5.74, 6) is 0.743. The number of aryl methyl sites for hydroxylation is 1. The molecule has 0 aliphatic carbocycles. The Kier molecular flexibility index (Phi) is 4.42. The lowest BCUT2D eigenvalue weighted by Gasteiger charge is -2.35. The van der Waals surface area contributed by atoms with E-state index in [0.29, 0.717) is 16.3 Å². The molecule has 1 aliphatic rings. The first-order valence-corrected chi connectivity index (χ1v) is 10.5. The number of thioether (sulfide) groups is 1. The minimum absolute atomic E-state index is 0.101. The maximum absolute atomic E-state index is 13.5. The van der Waals surface area contributed by atoms with Crippen molar-refractivity contribution in [2.75, 3.05) is 10.1 Å². The van der Waals surface area contributed by atoms with Gasteiger partial charge in [-0.3, -0.25) is 8.99 Å². The maximum Gasteiger partial charge on any atom is 0.268 e. The van der Waals surface area contributed by atoms with E-state index in [-0.39, 0.29) is 12.1 Å². The molecule has 5 nitrogen and oxygen atoms in total. The first-order chi connectivity index (χ1) is 11.2. The summed E-state index contributed by atoms with van der Waals surface area (Å²) in [7, 11) is -3.66. The van der Waals surface area contributed by atoms with E-state index in [2.05, 4.69) is 5.10 Å². The Labute approximate surface area is 148 Å². The van der Waals surface area contributed by atoms with Gasteiger partial charge in [0.05, 0.1) is 23.1 Å². The highest BCUT2D eigenvalue weighted by Crippen LogP contribution is 2.41. The van der Waals surface area contributed by atoms with Gasteiger partial charge >= 0.3 is 0 Å². The molecule has 2 heterocycles. The number of hydrogen-bond acceptors (Lipinski definition) is 4. The van der Waals surface area contributed by atoms with Gasteiger partial charge in [0, 0.05) is 16.7 Å². The minimum atomic E-state index is -3.66. The van der Waals surface area contributed by atoms with Crippen LogP contribution in [-0.2, 0) is 10.0 Å². The van der Waals surface area contributed by atoms with Gasteiger partial charge in [0.1, 0.15) is 4.90 Å². The molecule has 0 fully saturated rings. The average molecular weight is 366 g/mol. The predicted octanol–water partition coefficient (Wildman–Crippen LogP) is 3.77. The van der Waals surface area contributed by atoms with Crippen molar-refractivity contribution in [2.24, 2.45) is 0 Å². The Balaban J connectivity index is 2.19. The van der Waals surface area contributed by atoms with E-state index in [1.165, 1.54) is 0 Å². The van der Waals surface area contributed by atoms with Crippen LogP contribution < -0.4 is 4.31 Å². The molecule has 130 valence electrons. The topological polar surface area (TPSA) is 55.2 Å². The number of hydrogen-bond donors (Lipinski definition) is 0. The highest BCUT2D eigenvalue weighted by molar-refractivity contribution is 8.00. The number of fused-ring (bicyclic) bond motifs is 1. The van der Waals surface area contributed by atoms with Crippen molar-refractivity contribution in [3.05, 3.63) is 35.7 Å². The summed E-state index contributed by atoms with van der Waals surface area (Å²) in [6, 6.07) is 7.71. The molecule has 1 aromatic carbocycles. The summed E-state index contributed by atoms with van der Waals surface area (Å²) in [5.41, 5.74) is 2.02. The van der Waals surface area contributed by atoms with E-state index in [1.807, 2.05) is 52.0 Å². The third-order valence-corrected chi connectivity index (χ3v) is 7.73. The minimum Gasteiger partial charge on any atom is -0.266 e. The maximum atomic E-state index is 13.5. The number of rotatable bonds is 3. The van der Waals surface area contributed by atoms with Crippen LogP contribution in [0.1, 0.15) is 38.2 Å². The summed E-state index contributed by atoms with van der Waals surface area (Å²) < 4.78 is 30.4. The van der Waals surface area contributed by atoms with Crippen LogP contribution in [0.4, 0.5) is 5.69 Å². The second-order valence-electron chi connectivity index (χ2n) is 6.47. The lowest BCUT2D eigenvalue weighted by atomic mass is 10.3. The number of anilines is 1. The van der Waals surface area contributed by atoms with Crippen molar-refractivity contribution < 1.29 is 8.42 Å². The van der Waals surface area contributed by atoms with E-state index in [9.17, 15) is 8.42 Å².